The van der Waals surface area contributed by atoms with Crippen molar-refractivity contribution >= 4 is 0 Å². The number of aliphatic hydroxyl groups excluding tert-OH is 1. The lowest BCUT2D eigenvalue weighted by molar-refractivity contribution is 0.0809. The first-order chi connectivity index (χ1) is 15.7. The van der Waals surface area contributed by atoms with Crippen LogP contribution >= 0.6 is 0 Å². The van der Waals surface area contributed by atoms with Gasteiger partial charge in [-0.25, -0.2) is 0 Å². The first kappa shape index (κ1) is 22.2. The molecule has 0 unspecified atom stereocenters. The summed E-state index contributed by atoms with van der Waals surface area (Å²) in [5.41, 5.74) is 2.54. The van der Waals surface area contributed by atoms with E-state index in [1.165, 1.54) is 56.4 Å². The Bertz CT molecular complexity index is 823. The summed E-state index contributed by atoms with van der Waals surface area (Å²) >= 11 is 0. The van der Waals surface area contributed by atoms with Crippen LogP contribution < -0.4 is 14.8 Å². The van der Waals surface area contributed by atoms with Crippen LogP contribution in [0.1, 0.15) is 49.7 Å². The second-order valence-electron chi connectivity index (χ2n) is 9.97. The van der Waals surface area contributed by atoms with Crippen molar-refractivity contribution in [2.45, 2.75) is 62.7 Å². The number of nitrogens with zero attached hydrogens (tertiary/aromatic N) is 2. The molecule has 0 saturated carbocycles. The topological polar surface area (TPSA) is 57.2 Å². The molecule has 6 heteroatoms. The van der Waals surface area contributed by atoms with Crippen LogP contribution in [0.15, 0.2) is 24.3 Å². The Morgan fingerprint density at radius 3 is 2.66 bits per heavy atom. The molecular weight excluding hydrogens is 402 g/mol. The summed E-state index contributed by atoms with van der Waals surface area (Å²) < 4.78 is 12.1. The fourth-order valence-electron chi connectivity index (χ4n) is 6.14. The SMILES string of the molecule is COc1ccc2c3c1O[C@H]1C[C@@H](O)C=C[C@@]31CCN(CCCCCCN1CCNCC1)C2. The van der Waals surface area contributed by atoms with Gasteiger partial charge >= 0.3 is 0 Å². The van der Waals surface area contributed by atoms with Crippen LogP contribution in [-0.4, -0.2) is 80.0 Å². The smallest absolute Gasteiger partial charge is 0.166 e. The molecule has 3 atom stereocenters. The maximum atomic E-state index is 10.2. The van der Waals surface area contributed by atoms with Gasteiger partial charge in [0.2, 0.25) is 0 Å². The van der Waals surface area contributed by atoms with E-state index in [9.17, 15) is 5.11 Å². The van der Waals surface area contributed by atoms with Gasteiger partial charge in [-0.05, 0) is 50.5 Å². The lowest BCUT2D eigenvalue weighted by Crippen LogP contribution is -2.43. The molecule has 1 spiro atoms. The summed E-state index contributed by atoms with van der Waals surface area (Å²) in [6, 6.07) is 4.29. The van der Waals surface area contributed by atoms with Gasteiger partial charge in [-0.3, -0.25) is 4.90 Å². The quantitative estimate of drug-likeness (QED) is 0.478. The summed E-state index contributed by atoms with van der Waals surface area (Å²) in [5.74, 6) is 1.72. The van der Waals surface area contributed by atoms with E-state index in [1.807, 2.05) is 6.08 Å². The lowest BCUT2D eigenvalue weighted by Gasteiger charge is -2.36. The van der Waals surface area contributed by atoms with Crippen molar-refractivity contribution in [3.8, 4) is 11.5 Å². The lowest BCUT2D eigenvalue weighted by atomic mass is 9.69. The van der Waals surface area contributed by atoms with Crippen molar-refractivity contribution in [2.24, 2.45) is 0 Å². The van der Waals surface area contributed by atoms with E-state index in [-0.39, 0.29) is 11.5 Å². The second kappa shape index (κ2) is 9.72. The number of rotatable bonds is 8. The summed E-state index contributed by atoms with van der Waals surface area (Å²) in [4.78, 5) is 5.22. The highest BCUT2D eigenvalue weighted by atomic mass is 16.5. The molecule has 1 aliphatic carbocycles. The highest BCUT2D eigenvalue weighted by Crippen LogP contribution is 2.55. The second-order valence-corrected chi connectivity index (χ2v) is 9.97. The molecule has 6 nitrogen and oxygen atoms in total. The molecule has 1 aromatic carbocycles. The van der Waals surface area contributed by atoms with E-state index >= 15 is 0 Å². The van der Waals surface area contributed by atoms with Crippen molar-refractivity contribution in [1.82, 2.24) is 15.1 Å². The molecule has 32 heavy (non-hydrogen) atoms. The van der Waals surface area contributed by atoms with Gasteiger partial charge in [0.15, 0.2) is 11.5 Å². The number of benzene rings is 1. The molecule has 0 radical (unpaired) electrons. The van der Waals surface area contributed by atoms with Gasteiger partial charge in [-0.15, -0.1) is 0 Å². The van der Waals surface area contributed by atoms with E-state index in [0.717, 1.165) is 50.6 Å². The average molecular weight is 442 g/mol. The first-order valence-electron chi connectivity index (χ1n) is 12.6. The summed E-state index contributed by atoms with van der Waals surface area (Å²) in [6.45, 7) is 9.15. The van der Waals surface area contributed by atoms with Gasteiger partial charge in [-0.1, -0.05) is 31.1 Å². The molecule has 1 aromatic rings. The third kappa shape index (κ3) is 4.30. The van der Waals surface area contributed by atoms with Crippen LogP contribution in [0.4, 0.5) is 0 Å². The minimum atomic E-state index is -0.421. The van der Waals surface area contributed by atoms with E-state index in [2.05, 4.69) is 33.3 Å². The summed E-state index contributed by atoms with van der Waals surface area (Å²) in [6.07, 6.45) is 10.7. The molecule has 0 amide bonds. The molecule has 176 valence electrons. The molecule has 3 heterocycles. The van der Waals surface area contributed by atoms with Crippen LogP contribution in [0.3, 0.4) is 0 Å². The number of nitrogens with one attached hydrogen (secondary N) is 1. The molecular formula is C26H39N3O3. The number of hydrogen-bond acceptors (Lipinski definition) is 6. The molecule has 5 rings (SSSR count). The van der Waals surface area contributed by atoms with Gasteiger partial charge < -0.3 is 24.8 Å². The highest BCUT2D eigenvalue weighted by Gasteiger charge is 2.52. The Balaban J connectivity index is 1.20. The van der Waals surface area contributed by atoms with Crippen molar-refractivity contribution in [3.63, 3.8) is 0 Å². The normalized spacial score (nSPS) is 29.8. The van der Waals surface area contributed by atoms with Gasteiger partial charge in [0.05, 0.1) is 18.6 Å². The van der Waals surface area contributed by atoms with Gasteiger partial charge in [-0.2, -0.15) is 0 Å². The van der Waals surface area contributed by atoms with Gasteiger partial charge in [0, 0.05) is 44.7 Å². The van der Waals surface area contributed by atoms with Gasteiger partial charge in [0.1, 0.15) is 6.10 Å². The van der Waals surface area contributed by atoms with Crippen LogP contribution in [0.25, 0.3) is 0 Å². The van der Waals surface area contributed by atoms with Crippen molar-refractivity contribution in [3.05, 3.63) is 35.4 Å². The van der Waals surface area contributed by atoms with E-state index < -0.39 is 6.10 Å². The van der Waals surface area contributed by atoms with E-state index in [1.54, 1.807) is 7.11 Å². The summed E-state index contributed by atoms with van der Waals surface area (Å²) in [7, 11) is 1.71. The Hall–Kier alpha value is -1.60. The summed E-state index contributed by atoms with van der Waals surface area (Å²) in [5, 5.41) is 13.7. The van der Waals surface area contributed by atoms with E-state index in [0.29, 0.717) is 6.42 Å². The molecule has 1 saturated heterocycles. The zero-order valence-electron chi connectivity index (χ0n) is 19.5. The first-order valence-corrected chi connectivity index (χ1v) is 12.6. The highest BCUT2D eigenvalue weighted by molar-refractivity contribution is 5.61. The Morgan fingerprint density at radius 2 is 1.88 bits per heavy atom. The standard InChI is InChI=1S/C26H39N3O3/c1-31-22-7-6-20-19-29(14-5-3-2-4-13-28-16-11-27-12-17-28)15-10-26-9-8-21(30)18-23(26)32-25(22)24(20)26/h6-9,21,23,27,30H,2-5,10-19H2,1H3/t21-,23-,26-/m0/s1. The predicted molar refractivity (Wildman–Crippen MR) is 127 cm³/mol. The largest absolute Gasteiger partial charge is 0.493 e. The fourth-order valence-corrected chi connectivity index (χ4v) is 6.14. The van der Waals surface area contributed by atoms with Crippen LogP contribution in [-0.2, 0) is 12.0 Å². The Labute approximate surface area is 192 Å². The molecule has 4 aliphatic rings. The van der Waals surface area contributed by atoms with Crippen LogP contribution in [0.5, 0.6) is 11.5 Å². The van der Waals surface area contributed by atoms with Gasteiger partial charge in [0.25, 0.3) is 0 Å². The minimum Gasteiger partial charge on any atom is -0.493 e. The van der Waals surface area contributed by atoms with Crippen molar-refractivity contribution in [1.29, 1.82) is 0 Å². The minimum absolute atomic E-state index is 0.00233. The molecule has 0 bridgehead atoms. The Kier molecular flexibility index (Phi) is 6.74. The molecule has 3 aliphatic heterocycles. The number of ether oxygens (including phenoxy) is 2. The zero-order valence-corrected chi connectivity index (χ0v) is 19.5. The van der Waals surface area contributed by atoms with Crippen molar-refractivity contribution in [2.75, 3.05) is 52.9 Å². The average Bonchev–Trinajstić information content (AvgIpc) is 3.05. The monoisotopic (exact) mass is 441 g/mol. The third-order valence-electron chi connectivity index (χ3n) is 7.94. The third-order valence-corrected chi connectivity index (χ3v) is 7.94. The number of piperazine rings is 1. The number of unbranched alkanes of at least 4 members (excludes halogenated alkanes) is 3. The molecule has 2 N–H and O–H groups in total. The van der Waals surface area contributed by atoms with Crippen LogP contribution in [0, 0.1) is 0 Å². The van der Waals surface area contributed by atoms with Crippen LogP contribution in [0.2, 0.25) is 0 Å². The predicted octanol–water partition coefficient (Wildman–Crippen LogP) is 2.69. The number of methoxy groups -OCH3 is 1. The fraction of sp³-hybridized carbons (Fsp3) is 0.692. The zero-order chi connectivity index (χ0) is 22.0. The Morgan fingerprint density at radius 1 is 1.09 bits per heavy atom. The molecule has 0 aromatic heterocycles. The number of aliphatic hydroxyl groups is 1. The van der Waals surface area contributed by atoms with Crippen molar-refractivity contribution < 1.29 is 14.6 Å². The molecule has 1 fully saturated rings. The number of hydrogen-bond donors (Lipinski definition) is 2. The maximum Gasteiger partial charge on any atom is 0.166 e. The maximum absolute atomic E-state index is 10.2. The van der Waals surface area contributed by atoms with E-state index in [4.69, 9.17) is 9.47 Å².